The van der Waals surface area contributed by atoms with Crippen molar-refractivity contribution in [3.05, 3.63) is 91.1 Å². The second-order valence-corrected chi connectivity index (χ2v) is 9.83. The molecular weight excluding hydrogens is 530 g/mol. The second kappa shape index (κ2) is 15.0. The van der Waals surface area contributed by atoms with Gasteiger partial charge in [0.25, 0.3) is 0 Å². The first-order valence-electron chi connectivity index (χ1n) is 12.2. The fraction of sp³-hybridized carbons (Fsp3) is 0.433. The molecule has 1 aliphatic heterocycles. The molecule has 2 nitrogen and oxygen atoms in total. The van der Waals surface area contributed by atoms with Crippen molar-refractivity contribution in [1.29, 1.82) is 0 Å². The van der Waals surface area contributed by atoms with Gasteiger partial charge in [0.1, 0.15) is 0 Å². The molecule has 0 fully saturated rings. The summed E-state index contributed by atoms with van der Waals surface area (Å²) < 4.78 is 0. The number of hydrogen-bond acceptors (Lipinski definition) is 2. The Morgan fingerprint density at radius 1 is 0.676 bits per heavy atom. The Kier molecular flexibility index (Phi) is 13.6. The molecule has 3 rings (SSSR count). The van der Waals surface area contributed by atoms with Crippen LogP contribution in [0.25, 0.3) is 0 Å². The van der Waals surface area contributed by atoms with Gasteiger partial charge in [-0.15, -0.1) is 6.67 Å². The summed E-state index contributed by atoms with van der Waals surface area (Å²) in [6, 6.07) is 13.5. The standard InChI is InChI=1S/C27H37N2.C3H6.ClH.Pd/c1-18(2)22-11-9-12-23(19(3)4)26(22)28-15-16-29(17-28)27-24(20(5)6)13-10-14-25(27)21(7)8;1-3-2;;/h9-21H,1-8H3;3H,1H2,2H3;1H;/q-1;;;+2/p-1. The van der Waals surface area contributed by atoms with Crippen LogP contribution >= 0.6 is 9.53 Å². The van der Waals surface area contributed by atoms with Gasteiger partial charge in [-0.25, -0.2) is 0 Å². The van der Waals surface area contributed by atoms with Gasteiger partial charge in [0, 0.05) is 11.4 Å². The van der Waals surface area contributed by atoms with Crippen LogP contribution in [0.15, 0.2) is 48.8 Å². The third-order valence-corrected chi connectivity index (χ3v) is 5.84. The van der Waals surface area contributed by atoms with Crippen molar-refractivity contribution < 1.29 is 18.2 Å². The van der Waals surface area contributed by atoms with Gasteiger partial charge in [-0.1, -0.05) is 106 Å². The molecule has 0 bridgehead atoms. The Balaban J connectivity index is 0.00000107. The fourth-order valence-corrected chi connectivity index (χ4v) is 4.24. The topological polar surface area (TPSA) is 6.48 Å². The molecule has 4 heteroatoms. The van der Waals surface area contributed by atoms with E-state index < -0.39 is 0 Å². The van der Waals surface area contributed by atoms with Crippen molar-refractivity contribution >= 4 is 20.9 Å². The minimum absolute atomic E-state index is 0.480. The van der Waals surface area contributed by atoms with Crippen LogP contribution in [0.2, 0.25) is 0 Å². The molecule has 0 spiro atoms. The Morgan fingerprint density at radius 3 is 1.12 bits per heavy atom. The van der Waals surface area contributed by atoms with Gasteiger partial charge < -0.3 is 9.80 Å². The maximum absolute atomic E-state index is 4.49. The Hall–Kier alpha value is -1.27. The van der Waals surface area contributed by atoms with E-state index in [4.69, 9.17) is 0 Å². The normalized spacial score (nSPS) is 13.0. The number of anilines is 2. The van der Waals surface area contributed by atoms with E-state index in [1.54, 1.807) is 6.42 Å². The average Bonchev–Trinajstić information content (AvgIpc) is 3.29. The third kappa shape index (κ3) is 7.61. The predicted octanol–water partition coefficient (Wildman–Crippen LogP) is 9.83. The first-order chi connectivity index (χ1) is 16.1. The van der Waals surface area contributed by atoms with E-state index in [1.807, 2.05) is 6.92 Å². The van der Waals surface area contributed by atoms with Crippen LogP contribution < -0.4 is 9.80 Å². The van der Waals surface area contributed by atoms with Gasteiger partial charge in [0.05, 0.1) is 0 Å². The number of halogens is 1. The predicted molar refractivity (Wildman–Crippen MR) is 149 cm³/mol. The summed E-state index contributed by atoms with van der Waals surface area (Å²) in [7, 11) is 4.49. The SMILES string of the molecule is CC(C)c1cccc(C(C)C)c1N1C=CN(c2c(C(C)C)cccc2C(C)C)[CH-]1.[CH2][CH]C.[Cl][Pd+]. The van der Waals surface area contributed by atoms with Crippen molar-refractivity contribution in [1.82, 2.24) is 0 Å². The zero-order chi connectivity index (χ0) is 26.0. The van der Waals surface area contributed by atoms with Gasteiger partial charge in [-0.2, -0.15) is 0 Å². The molecular formula is C30H43ClN2Pd. The van der Waals surface area contributed by atoms with Crippen LogP contribution in [-0.4, -0.2) is 0 Å². The molecule has 2 aromatic rings. The molecule has 2 aromatic carbocycles. The number of para-hydroxylation sites is 2. The maximum atomic E-state index is 4.49. The molecule has 0 atom stereocenters. The molecule has 0 N–H and O–H groups in total. The molecule has 1 heterocycles. The summed E-state index contributed by atoms with van der Waals surface area (Å²) >= 11 is 2.22. The molecule has 0 amide bonds. The van der Waals surface area contributed by atoms with Crippen LogP contribution in [0.4, 0.5) is 11.4 Å². The summed E-state index contributed by atoms with van der Waals surface area (Å²) in [5.74, 6) is 1.92. The van der Waals surface area contributed by atoms with Crippen LogP contribution in [0.3, 0.4) is 0 Å². The third-order valence-electron chi connectivity index (χ3n) is 5.84. The van der Waals surface area contributed by atoms with Crippen LogP contribution in [0.5, 0.6) is 0 Å². The summed E-state index contributed by atoms with van der Waals surface area (Å²) in [6.45, 7) is 25.8. The van der Waals surface area contributed by atoms with Crippen LogP contribution in [0.1, 0.15) is 108 Å². The van der Waals surface area contributed by atoms with E-state index in [0.717, 1.165) is 0 Å². The van der Waals surface area contributed by atoms with E-state index in [-0.39, 0.29) is 0 Å². The van der Waals surface area contributed by atoms with Gasteiger partial charge in [0.2, 0.25) is 0 Å². The first kappa shape index (κ1) is 30.8. The van der Waals surface area contributed by atoms with E-state index in [0.29, 0.717) is 23.7 Å². The van der Waals surface area contributed by atoms with Gasteiger partial charge in [0.15, 0.2) is 0 Å². The van der Waals surface area contributed by atoms with Crippen molar-refractivity contribution in [3.8, 4) is 0 Å². The zero-order valence-electron chi connectivity index (χ0n) is 22.4. The summed E-state index contributed by atoms with van der Waals surface area (Å²) in [5.41, 5.74) is 8.29. The monoisotopic (exact) mass is 572 g/mol. The molecule has 0 saturated carbocycles. The van der Waals surface area contributed by atoms with Crippen LogP contribution in [-0.2, 0) is 18.2 Å². The van der Waals surface area contributed by atoms with E-state index >= 15 is 0 Å². The van der Waals surface area contributed by atoms with Crippen molar-refractivity contribution in [2.45, 2.75) is 86.0 Å². The Bertz CT molecular complexity index is 779. The molecule has 190 valence electrons. The molecule has 0 saturated heterocycles. The fourth-order valence-electron chi connectivity index (χ4n) is 4.24. The van der Waals surface area contributed by atoms with Crippen molar-refractivity contribution in [3.63, 3.8) is 0 Å². The summed E-state index contributed by atoms with van der Waals surface area (Å²) in [4.78, 5) is 4.65. The Morgan fingerprint density at radius 2 is 0.912 bits per heavy atom. The summed E-state index contributed by atoms with van der Waals surface area (Å²) in [5, 5.41) is 0. The van der Waals surface area contributed by atoms with Crippen LogP contribution in [0, 0.1) is 20.0 Å². The Labute approximate surface area is 225 Å². The number of hydrogen-bond donors (Lipinski definition) is 0. The molecule has 0 aromatic heterocycles. The minimum atomic E-state index is 0.480. The van der Waals surface area contributed by atoms with Gasteiger partial charge in [-0.05, 0) is 64.7 Å². The molecule has 1 aliphatic rings. The molecule has 0 aliphatic carbocycles. The zero-order valence-corrected chi connectivity index (χ0v) is 24.7. The van der Waals surface area contributed by atoms with E-state index in [2.05, 4.69) is 155 Å². The first-order valence-corrected chi connectivity index (χ1v) is 14.2. The second-order valence-electron chi connectivity index (χ2n) is 9.83. The summed E-state index contributed by atoms with van der Waals surface area (Å²) in [6.07, 6.45) is 6.18. The molecule has 0 unspecified atom stereocenters. The van der Waals surface area contributed by atoms with Crippen molar-refractivity contribution in [2.24, 2.45) is 0 Å². The van der Waals surface area contributed by atoms with Gasteiger partial charge in [-0.3, -0.25) is 0 Å². The van der Waals surface area contributed by atoms with Crippen molar-refractivity contribution in [2.75, 3.05) is 9.80 Å². The number of benzene rings is 2. The average molecular weight is 574 g/mol. The number of rotatable bonds is 6. The van der Waals surface area contributed by atoms with Gasteiger partial charge >= 0.3 is 27.7 Å². The molecule has 2 radical (unpaired) electrons. The van der Waals surface area contributed by atoms with E-state index in [1.165, 1.54) is 33.6 Å². The molecule has 34 heavy (non-hydrogen) atoms. The number of nitrogens with zero attached hydrogens (tertiary/aromatic N) is 2. The van der Waals surface area contributed by atoms with E-state index in [9.17, 15) is 0 Å². The quantitative estimate of drug-likeness (QED) is 0.251.